The number of rotatable bonds is 5. The standard InChI is InChI=1S/C27H26N4O8/c1-31(2)21-16-8-11-7-15-14(12-6-13(39-3)10-29-9-12)4-5-17(32)19(15)22(33)18(11)24(30-38)27(16,37)25(35)20(23(21)34)26(28)36/h4-6,9-11,16,21,32,34,37H,7-8H2,1-3H3,(H2,28,36)/t11-,16-,21?,27-/m0/s1. The first kappa shape index (κ1) is 26.2. The van der Waals surface area contributed by atoms with Crippen molar-refractivity contribution >= 4 is 17.5 Å². The highest BCUT2D eigenvalue weighted by atomic mass is 16.5. The summed E-state index contributed by atoms with van der Waals surface area (Å²) in [5.74, 6) is -5.70. The van der Waals surface area contributed by atoms with E-state index in [0.717, 1.165) is 0 Å². The maximum absolute atomic E-state index is 13.9. The molecule has 39 heavy (non-hydrogen) atoms. The first-order valence-corrected chi connectivity index (χ1v) is 12.1. The number of nitrogens with zero attached hydrogens (tertiary/aromatic N) is 3. The Morgan fingerprint density at radius 1 is 1.23 bits per heavy atom. The van der Waals surface area contributed by atoms with Crippen molar-refractivity contribution in [2.75, 3.05) is 21.2 Å². The molecule has 0 fully saturated rings. The molecule has 0 saturated heterocycles. The van der Waals surface area contributed by atoms with Gasteiger partial charge >= 0.3 is 0 Å². The molecule has 0 bridgehead atoms. The van der Waals surface area contributed by atoms with E-state index in [1.54, 1.807) is 32.4 Å². The molecule has 3 aliphatic rings. The predicted octanol–water partition coefficient (Wildman–Crippen LogP) is 1.40. The number of carbonyl (C=O) groups is 3. The fourth-order valence-electron chi connectivity index (χ4n) is 6.32. The normalized spacial score (nSPS) is 26.2. The summed E-state index contributed by atoms with van der Waals surface area (Å²) in [6, 6.07) is 3.62. The first-order valence-electron chi connectivity index (χ1n) is 12.1. The van der Waals surface area contributed by atoms with Gasteiger partial charge in [0.05, 0.1) is 24.9 Å². The second-order valence-electron chi connectivity index (χ2n) is 10.2. The lowest BCUT2D eigenvalue weighted by Crippen LogP contribution is -2.63. The van der Waals surface area contributed by atoms with Gasteiger partial charge in [0, 0.05) is 23.3 Å². The number of methoxy groups -OCH3 is 1. The number of phenolic OH excluding ortho intramolecular Hbond substituents is 1. The fraction of sp³-hybridized carbons (Fsp3) is 0.333. The molecule has 3 aliphatic carbocycles. The monoisotopic (exact) mass is 534 g/mol. The van der Waals surface area contributed by atoms with Gasteiger partial charge < -0.3 is 25.8 Å². The Bertz CT molecular complexity index is 1530. The molecule has 0 spiro atoms. The topological polar surface area (TPSA) is 193 Å². The average Bonchev–Trinajstić information content (AvgIpc) is 2.88. The van der Waals surface area contributed by atoms with Crippen LogP contribution in [0.15, 0.2) is 58.4 Å². The highest BCUT2D eigenvalue weighted by molar-refractivity contribution is 6.25. The van der Waals surface area contributed by atoms with Crippen LogP contribution >= 0.6 is 0 Å². The minimum atomic E-state index is -2.70. The number of primary amides is 1. The number of pyridine rings is 1. The van der Waals surface area contributed by atoms with E-state index in [2.05, 4.69) is 10.2 Å². The number of aliphatic hydroxyl groups excluding tert-OH is 1. The van der Waals surface area contributed by atoms with Crippen molar-refractivity contribution in [2.24, 2.45) is 22.7 Å². The van der Waals surface area contributed by atoms with Gasteiger partial charge in [-0.05, 0) is 61.3 Å². The third-order valence-corrected chi connectivity index (χ3v) is 7.96. The third kappa shape index (κ3) is 3.59. The Morgan fingerprint density at radius 2 is 1.95 bits per heavy atom. The van der Waals surface area contributed by atoms with Crippen LogP contribution < -0.4 is 10.5 Å². The summed E-state index contributed by atoms with van der Waals surface area (Å²) in [5.41, 5.74) is 2.47. The van der Waals surface area contributed by atoms with Gasteiger partial charge in [-0.25, -0.2) is 0 Å². The Balaban J connectivity index is 1.76. The quantitative estimate of drug-likeness (QED) is 0.322. The van der Waals surface area contributed by atoms with Gasteiger partial charge in [0.15, 0.2) is 11.4 Å². The van der Waals surface area contributed by atoms with Crippen molar-refractivity contribution in [2.45, 2.75) is 24.5 Å². The lowest BCUT2D eigenvalue weighted by atomic mass is 9.58. The summed E-state index contributed by atoms with van der Waals surface area (Å²) < 4.78 is 5.27. The lowest BCUT2D eigenvalue weighted by Gasteiger charge is -2.50. The van der Waals surface area contributed by atoms with Crippen molar-refractivity contribution in [1.29, 1.82) is 0 Å². The molecule has 0 aliphatic heterocycles. The van der Waals surface area contributed by atoms with Gasteiger partial charge in [0.2, 0.25) is 5.78 Å². The molecule has 202 valence electrons. The van der Waals surface area contributed by atoms with Gasteiger partial charge in [0.25, 0.3) is 5.91 Å². The largest absolute Gasteiger partial charge is 0.510 e. The van der Waals surface area contributed by atoms with Gasteiger partial charge in [-0.3, -0.25) is 24.3 Å². The van der Waals surface area contributed by atoms with Gasteiger partial charge in [-0.2, -0.15) is 0 Å². The number of hydrogen-bond acceptors (Lipinski definition) is 11. The minimum Gasteiger partial charge on any atom is -0.510 e. The molecular weight excluding hydrogens is 508 g/mol. The van der Waals surface area contributed by atoms with Crippen LogP contribution in [0.25, 0.3) is 11.1 Å². The number of amides is 1. The van der Waals surface area contributed by atoms with E-state index in [4.69, 9.17) is 10.5 Å². The fourth-order valence-corrected chi connectivity index (χ4v) is 6.32. The maximum Gasteiger partial charge on any atom is 0.255 e. The second kappa shape index (κ2) is 9.10. The molecule has 0 saturated carbocycles. The van der Waals surface area contributed by atoms with Crippen LogP contribution in [0.2, 0.25) is 0 Å². The van der Waals surface area contributed by atoms with E-state index in [0.29, 0.717) is 22.4 Å². The Hall–Kier alpha value is -4.42. The Morgan fingerprint density at radius 3 is 2.56 bits per heavy atom. The number of benzene rings is 1. The van der Waals surface area contributed by atoms with Crippen LogP contribution in [-0.2, 0) is 16.0 Å². The number of carbonyl (C=O) groups excluding carboxylic acids is 3. The number of ketones is 2. The first-order chi connectivity index (χ1) is 18.5. The van der Waals surface area contributed by atoms with Crippen LogP contribution in [0.3, 0.4) is 0 Å². The number of likely N-dealkylation sites (N-methyl/N-ethyl adjacent to an activating group) is 1. The third-order valence-electron chi connectivity index (χ3n) is 7.96. The number of ether oxygens (including phenoxy) is 1. The van der Waals surface area contributed by atoms with E-state index in [9.17, 15) is 34.6 Å². The highest BCUT2D eigenvalue weighted by Gasteiger charge is 2.63. The predicted molar refractivity (Wildman–Crippen MR) is 137 cm³/mol. The molecular formula is C27H26N4O8. The van der Waals surface area contributed by atoms with Crippen molar-refractivity contribution in [1.82, 2.24) is 9.88 Å². The van der Waals surface area contributed by atoms with Crippen LogP contribution in [-0.4, -0.2) is 75.5 Å². The number of nitrogens with two attached hydrogens (primary N) is 1. The van der Waals surface area contributed by atoms with Crippen LogP contribution in [0.5, 0.6) is 11.5 Å². The molecule has 4 atom stereocenters. The Kier molecular flexibility index (Phi) is 6.11. The minimum absolute atomic E-state index is 0.0216. The number of phenols is 1. The maximum atomic E-state index is 13.9. The van der Waals surface area contributed by atoms with Crippen molar-refractivity contribution in [3.05, 3.63) is 69.2 Å². The summed E-state index contributed by atoms with van der Waals surface area (Å²) in [7, 11) is 4.62. The summed E-state index contributed by atoms with van der Waals surface area (Å²) >= 11 is 0. The number of aromatic nitrogens is 1. The number of aromatic hydroxyl groups is 1. The summed E-state index contributed by atoms with van der Waals surface area (Å²) in [6.45, 7) is 0. The number of nitroso groups, excluding NO2 is 1. The average molecular weight is 535 g/mol. The zero-order valence-corrected chi connectivity index (χ0v) is 21.3. The number of aliphatic hydroxyl groups is 2. The van der Waals surface area contributed by atoms with Crippen molar-refractivity contribution < 1.29 is 34.4 Å². The summed E-state index contributed by atoms with van der Waals surface area (Å²) in [5, 5.41) is 36.4. The van der Waals surface area contributed by atoms with E-state index in [1.165, 1.54) is 24.3 Å². The molecule has 2 aromatic rings. The zero-order valence-electron chi connectivity index (χ0n) is 21.3. The molecule has 1 heterocycles. The lowest BCUT2D eigenvalue weighted by molar-refractivity contribution is -0.144. The number of hydrogen-bond donors (Lipinski definition) is 4. The Labute approximate surface area is 222 Å². The smallest absolute Gasteiger partial charge is 0.255 e. The molecule has 5 rings (SSSR count). The molecule has 1 aromatic carbocycles. The highest BCUT2D eigenvalue weighted by Crippen LogP contribution is 2.54. The van der Waals surface area contributed by atoms with Gasteiger partial charge in [0.1, 0.15) is 28.5 Å². The van der Waals surface area contributed by atoms with Gasteiger partial charge in [-0.15, -0.1) is 4.91 Å². The molecule has 1 aromatic heterocycles. The SMILES string of the molecule is COc1cncc(-c2ccc(O)c3c2C[C@H]2C[C@H]4C(N(C)C)C(O)=C(C(N)=O)C(=O)[C@@]4(O)C(N=O)=C2C3=O)c1. The zero-order chi connectivity index (χ0) is 28.4. The summed E-state index contributed by atoms with van der Waals surface area (Å²) in [6.07, 6.45) is 3.23. The van der Waals surface area contributed by atoms with Crippen molar-refractivity contribution in [3.63, 3.8) is 0 Å². The second-order valence-corrected chi connectivity index (χ2v) is 10.2. The van der Waals surface area contributed by atoms with Crippen LogP contribution in [0, 0.1) is 16.7 Å². The van der Waals surface area contributed by atoms with E-state index in [1.807, 2.05) is 0 Å². The van der Waals surface area contributed by atoms with Crippen LogP contribution in [0.1, 0.15) is 22.3 Å². The number of fused-ring (bicyclic) bond motifs is 3. The van der Waals surface area contributed by atoms with E-state index < -0.39 is 58.0 Å². The van der Waals surface area contributed by atoms with Crippen LogP contribution in [0.4, 0.5) is 0 Å². The molecule has 1 amide bonds. The molecule has 5 N–H and O–H groups in total. The van der Waals surface area contributed by atoms with E-state index in [-0.39, 0.29) is 29.7 Å². The molecule has 1 unspecified atom stereocenters. The molecule has 0 radical (unpaired) electrons. The molecule has 12 heteroatoms. The number of allylic oxidation sites excluding steroid dienone is 1. The van der Waals surface area contributed by atoms with E-state index >= 15 is 0 Å². The van der Waals surface area contributed by atoms with Gasteiger partial charge in [-0.1, -0.05) is 6.07 Å². The summed E-state index contributed by atoms with van der Waals surface area (Å²) in [4.78, 5) is 57.5. The molecule has 12 nitrogen and oxygen atoms in total. The number of Topliss-reactive ketones (excluding diaryl/α,β-unsaturated/α-hetero) is 2. The van der Waals surface area contributed by atoms with Crippen molar-refractivity contribution in [3.8, 4) is 22.6 Å².